The van der Waals surface area contributed by atoms with Crippen LogP contribution in [-0.2, 0) is 4.79 Å². The molecule has 114 valence electrons. The van der Waals surface area contributed by atoms with Gasteiger partial charge in [0.2, 0.25) is 5.12 Å². The fourth-order valence-electron chi connectivity index (χ4n) is 1.57. The van der Waals surface area contributed by atoms with Gasteiger partial charge in [-0.15, -0.1) is 0 Å². The molecule has 0 bridgehead atoms. The number of rotatable bonds is 5. The van der Waals surface area contributed by atoms with E-state index < -0.39 is 5.97 Å². The van der Waals surface area contributed by atoms with Gasteiger partial charge in [0.25, 0.3) is 0 Å². The van der Waals surface area contributed by atoms with E-state index in [0.717, 1.165) is 26.4 Å². The zero-order valence-corrected chi connectivity index (χ0v) is 19.1. The van der Waals surface area contributed by atoms with Gasteiger partial charge in [0.15, 0.2) is 0 Å². The van der Waals surface area contributed by atoms with E-state index >= 15 is 0 Å². The first-order valence-electron chi connectivity index (χ1n) is 6.03. The average Bonchev–Trinajstić information content (AvgIpc) is 2.48. The fraction of sp³-hybridized carbons (Fsp3) is 0.0714. The summed E-state index contributed by atoms with van der Waals surface area (Å²) in [7, 11) is 0. The number of carboxylic acid groups (broad SMARTS) is 1. The number of pyridine rings is 1. The van der Waals surface area contributed by atoms with E-state index in [9.17, 15) is 14.7 Å². The molecular weight excluding hydrogens is 475 g/mol. The molecule has 0 amide bonds. The minimum Gasteiger partial charge on any atom is -0.545 e. The van der Waals surface area contributed by atoms with Gasteiger partial charge >= 0.3 is 51.4 Å². The third kappa shape index (κ3) is 6.58. The smallest absolute Gasteiger partial charge is 0.545 e. The maximum absolute atomic E-state index is 12.0. The van der Waals surface area contributed by atoms with Crippen LogP contribution in [0.3, 0.4) is 0 Å². The van der Waals surface area contributed by atoms with Gasteiger partial charge in [0.05, 0.1) is 12.5 Å². The van der Waals surface area contributed by atoms with E-state index in [1.54, 1.807) is 0 Å². The minimum atomic E-state index is -1.36. The van der Waals surface area contributed by atoms with E-state index in [1.807, 2.05) is 18.2 Å². The number of halogens is 2. The van der Waals surface area contributed by atoms with Crippen molar-refractivity contribution in [2.45, 2.75) is 5.03 Å². The molecule has 0 unspecified atom stereocenters. The molecule has 1 aromatic heterocycles. The normalized spacial score (nSPS) is 9.83. The quantitative estimate of drug-likeness (QED) is 0.464. The molecule has 0 radical (unpaired) electrons. The second-order valence-electron chi connectivity index (χ2n) is 4.10. The van der Waals surface area contributed by atoms with Crippen LogP contribution in [0.4, 0.5) is 5.69 Å². The van der Waals surface area contributed by atoms with Gasteiger partial charge in [-0.3, -0.25) is 4.79 Å². The number of anilines is 1. The molecule has 0 aliphatic rings. The molecule has 2 rings (SSSR count). The maximum Gasteiger partial charge on any atom is 1.00 e. The first-order chi connectivity index (χ1) is 10.5. The summed E-state index contributed by atoms with van der Waals surface area (Å²) in [6, 6.07) is 8.38. The van der Waals surface area contributed by atoms with Crippen LogP contribution in [0, 0.1) is 0 Å². The average molecular weight is 484 g/mol. The zero-order chi connectivity index (χ0) is 16.1. The molecule has 9 heteroatoms. The Kier molecular flexibility index (Phi) is 9.53. The predicted molar refractivity (Wildman–Crippen MR) is 89.8 cm³/mol. The van der Waals surface area contributed by atoms with Crippen molar-refractivity contribution in [2.24, 2.45) is 0 Å². The molecule has 0 aliphatic carbocycles. The Hall–Kier alpha value is 0.256. The summed E-state index contributed by atoms with van der Waals surface area (Å²) < 4.78 is 1.70. The molecule has 5 nitrogen and oxygen atoms in total. The first kappa shape index (κ1) is 21.3. The van der Waals surface area contributed by atoms with Crippen LogP contribution in [0.5, 0.6) is 0 Å². The number of nitrogens with one attached hydrogen (secondary N) is 1. The molecule has 0 saturated carbocycles. The Morgan fingerprint density at radius 3 is 2.70 bits per heavy atom. The molecule has 1 aromatic carbocycles. The van der Waals surface area contributed by atoms with Crippen molar-refractivity contribution in [2.75, 3.05) is 11.9 Å². The second kappa shape index (κ2) is 10.3. The standard InChI is InChI=1S/C14H10Br2N2O3S.K/c15-8-3-4-10(16)11(6-8)18-7-12(19)22-13-9(14(20)21)2-1-5-17-13;/h1-6,18H,7H2,(H,20,21);/q;+1/p-1. The van der Waals surface area contributed by atoms with Gasteiger partial charge in [-0.2, -0.15) is 0 Å². The Labute approximate surface area is 196 Å². The Balaban J connectivity index is 0.00000264. The van der Waals surface area contributed by atoms with Crippen LogP contribution in [0.15, 0.2) is 50.5 Å². The summed E-state index contributed by atoms with van der Waals surface area (Å²) in [4.78, 5) is 26.8. The number of aromatic nitrogens is 1. The van der Waals surface area contributed by atoms with Crippen molar-refractivity contribution >= 4 is 60.4 Å². The zero-order valence-electron chi connectivity index (χ0n) is 12.0. The number of aromatic carboxylic acids is 1. The number of benzene rings is 1. The van der Waals surface area contributed by atoms with E-state index in [4.69, 9.17) is 0 Å². The Morgan fingerprint density at radius 2 is 2.00 bits per heavy atom. The maximum atomic E-state index is 12.0. The van der Waals surface area contributed by atoms with Crippen LogP contribution in [0.1, 0.15) is 10.4 Å². The topological polar surface area (TPSA) is 82.1 Å². The number of carbonyl (C=O) groups is 2. The van der Waals surface area contributed by atoms with E-state index in [1.165, 1.54) is 18.3 Å². The molecule has 0 spiro atoms. The summed E-state index contributed by atoms with van der Waals surface area (Å²) >= 11 is 7.50. The van der Waals surface area contributed by atoms with Crippen molar-refractivity contribution in [1.29, 1.82) is 0 Å². The van der Waals surface area contributed by atoms with Crippen molar-refractivity contribution in [3.05, 3.63) is 51.0 Å². The molecule has 0 saturated heterocycles. The van der Waals surface area contributed by atoms with E-state index in [0.29, 0.717) is 0 Å². The van der Waals surface area contributed by atoms with Gasteiger partial charge in [0.1, 0.15) is 5.03 Å². The summed E-state index contributed by atoms with van der Waals surface area (Å²) in [5.41, 5.74) is 0.661. The number of hydrogen-bond donors (Lipinski definition) is 1. The Morgan fingerprint density at radius 1 is 1.26 bits per heavy atom. The molecule has 1 heterocycles. The molecular formula is C14H9Br2KN2O3S. The number of nitrogens with zero attached hydrogens (tertiary/aromatic N) is 1. The van der Waals surface area contributed by atoms with Crippen LogP contribution < -0.4 is 61.8 Å². The number of carbonyl (C=O) groups excluding carboxylic acids is 2. The van der Waals surface area contributed by atoms with Crippen molar-refractivity contribution in [1.82, 2.24) is 4.98 Å². The molecule has 2 aromatic rings. The van der Waals surface area contributed by atoms with Crippen LogP contribution >= 0.6 is 43.6 Å². The predicted octanol–water partition coefficient (Wildman–Crippen LogP) is -0.295. The Bertz CT molecular complexity index is 731. The van der Waals surface area contributed by atoms with Crippen molar-refractivity contribution in [3.63, 3.8) is 0 Å². The van der Waals surface area contributed by atoms with E-state index in [-0.39, 0.29) is 73.6 Å². The number of hydrogen-bond acceptors (Lipinski definition) is 6. The number of thioether (sulfide) groups is 1. The minimum absolute atomic E-state index is 0. The summed E-state index contributed by atoms with van der Waals surface area (Å²) in [5, 5.41) is 13.8. The molecule has 0 aliphatic heterocycles. The molecule has 23 heavy (non-hydrogen) atoms. The third-order valence-electron chi connectivity index (χ3n) is 2.55. The third-order valence-corrected chi connectivity index (χ3v) is 4.63. The summed E-state index contributed by atoms with van der Waals surface area (Å²) in [5.74, 6) is -1.36. The van der Waals surface area contributed by atoms with Gasteiger partial charge in [-0.25, -0.2) is 4.98 Å². The molecule has 0 atom stereocenters. The van der Waals surface area contributed by atoms with Crippen LogP contribution in [-0.4, -0.2) is 22.6 Å². The largest absolute Gasteiger partial charge is 1.00 e. The number of carboxylic acids is 1. The van der Waals surface area contributed by atoms with Gasteiger partial charge in [-0.05, 0) is 58.0 Å². The van der Waals surface area contributed by atoms with Crippen molar-refractivity contribution in [3.8, 4) is 0 Å². The summed E-state index contributed by atoms with van der Waals surface area (Å²) in [6.07, 6.45) is 1.43. The SMILES string of the molecule is O=C(CNc1cc(Br)ccc1Br)Sc1ncccc1C(=O)[O-].[K+]. The second-order valence-corrected chi connectivity index (χ2v) is 6.91. The van der Waals surface area contributed by atoms with Crippen molar-refractivity contribution < 1.29 is 66.1 Å². The first-order valence-corrected chi connectivity index (χ1v) is 8.43. The van der Waals surface area contributed by atoms with E-state index in [2.05, 4.69) is 42.2 Å². The summed E-state index contributed by atoms with van der Waals surface area (Å²) in [6.45, 7) is 0.0305. The van der Waals surface area contributed by atoms with Crippen LogP contribution in [0.2, 0.25) is 0 Å². The fourth-order valence-corrected chi connectivity index (χ4v) is 3.05. The molecule has 1 N–H and O–H groups in total. The monoisotopic (exact) mass is 482 g/mol. The van der Waals surface area contributed by atoms with Crippen LogP contribution in [0.25, 0.3) is 0 Å². The van der Waals surface area contributed by atoms with Gasteiger partial charge in [-0.1, -0.05) is 15.9 Å². The molecule has 0 fully saturated rings. The van der Waals surface area contributed by atoms with Gasteiger partial charge < -0.3 is 15.2 Å². The van der Waals surface area contributed by atoms with Gasteiger partial charge in [0, 0.05) is 26.4 Å².